The Bertz CT molecular complexity index is 1150. The molecule has 0 atom stereocenters. The zero-order valence-corrected chi connectivity index (χ0v) is 15.3. The van der Waals surface area contributed by atoms with Crippen LogP contribution in [0.2, 0.25) is 0 Å². The Morgan fingerprint density at radius 1 is 1.07 bits per heavy atom. The highest BCUT2D eigenvalue weighted by Crippen LogP contribution is 2.25. The van der Waals surface area contributed by atoms with Crippen molar-refractivity contribution in [1.82, 2.24) is 20.1 Å². The van der Waals surface area contributed by atoms with Gasteiger partial charge in [-0.2, -0.15) is 5.10 Å². The molecule has 0 unspecified atom stereocenters. The van der Waals surface area contributed by atoms with Crippen molar-refractivity contribution in [3.05, 3.63) is 84.3 Å². The first kappa shape index (κ1) is 17.5. The van der Waals surface area contributed by atoms with E-state index in [9.17, 15) is 4.79 Å². The molecule has 28 heavy (non-hydrogen) atoms. The second kappa shape index (κ2) is 7.75. The first-order valence-corrected chi connectivity index (χ1v) is 8.89. The molecule has 4 rings (SSSR count). The van der Waals surface area contributed by atoms with Crippen molar-refractivity contribution in [2.75, 3.05) is 12.4 Å². The summed E-state index contributed by atoms with van der Waals surface area (Å²) in [5.74, 6) is -0.132. The smallest absolute Gasteiger partial charge is 0.253 e. The molecule has 2 heterocycles. The van der Waals surface area contributed by atoms with E-state index >= 15 is 0 Å². The summed E-state index contributed by atoms with van der Waals surface area (Å²) in [4.78, 5) is 16.4. The summed E-state index contributed by atoms with van der Waals surface area (Å²) in [5, 5.41) is 11.5. The number of carbonyl (C=O) groups excluding carboxylic acids is 1. The lowest BCUT2D eigenvalue weighted by molar-refractivity contribution is 0.0964. The van der Waals surface area contributed by atoms with Crippen molar-refractivity contribution in [2.24, 2.45) is 0 Å². The maximum absolute atomic E-state index is 12.1. The normalized spacial score (nSPS) is 11.0. The number of amides is 1. The van der Waals surface area contributed by atoms with Crippen LogP contribution in [-0.2, 0) is 0 Å². The van der Waals surface area contributed by atoms with E-state index in [1.807, 2.05) is 73.1 Å². The third kappa shape index (κ3) is 3.61. The Kier molecular flexibility index (Phi) is 4.84. The van der Waals surface area contributed by atoms with E-state index in [1.165, 1.54) is 0 Å². The molecular formula is C22H19N5O. The maximum Gasteiger partial charge on any atom is 0.253 e. The summed E-state index contributed by atoms with van der Waals surface area (Å²) in [5.41, 5.74) is 4.02. The second-order valence-corrected chi connectivity index (χ2v) is 6.18. The standard InChI is InChI=1S/C22H19N5O/c1-23-22(28)19-7-2-3-8-20(19)26-18-10-9-16-15-25-27(21(16)14-18)13-11-17-6-4-5-12-24-17/h2-15,26H,1H3,(H,23,28). The third-order valence-corrected chi connectivity index (χ3v) is 4.35. The van der Waals surface area contributed by atoms with Crippen LogP contribution in [0.3, 0.4) is 0 Å². The number of hydrogen-bond donors (Lipinski definition) is 2. The van der Waals surface area contributed by atoms with Gasteiger partial charge in [0.05, 0.1) is 28.7 Å². The highest BCUT2D eigenvalue weighted by molar-refractivity contribution is 6.00. The fraction of sp³-hybridized carbons (Fsp3) is 0.0455. The van der Waals surface area contributed by atoms with Crippen molar-refractivity contribution in [1.29, 1.82) is 0 Å². The number of carbonyl (C=O) groups is 1. The highest BCUT2D eigenvalue weighted by atomic mass is 16.1. The van der Waals surface area contributed by atoms with E-state index in [-0.39, 0.29) is 5.91 Å². The molecule has 2 aromatic heterocycles. The van der Waals surface area contributed by atoms with Gasteiger partial charge in [-0.25, -0.2) is 4.68 Å². The van der Waals surface area contributed by atoms with Gasteiger partial charge < -0.3 is 10.6 Å². The van der Waals surface area contributed by atoms with Gasteiger partial charge in [0.15, 0.2) is 0 Å². The Balaban J connectivity index is 1.65. The van der Waals surface area contributed by atoms with Crippen LogP contribution in [0.5, 0.6) is 0 Å². The first-order chi connectivity index (χ1) is 13.7. The number of pyridine rings is 1. The zero-order chi connectivity index (χ0) is 19.3. The number of nitrogens with one attached hydrogen (secondary N) is 2. The van der Waals surface area contributed by atoms with E-state index in [1.54, 1.807) is 24.0 Å². The summed E-state index contributed by atoms with van der Waals surface area (Å²) in [7, 11) is 1.62. The van der Waals surface area contributed by atoms with E-state index in [4.69, 9.17) is 0 Å². The highest BCUT2D eigenvalue weighted by Gasteiger charge is 2.10. The van der Waals surface area contributed by atoms with Crippen LogP contribution in [0.25, 0.3) is 23.2 Å². The van der Waals surface area contributed by atoms with Gasteiger partial charge in [-0.15, -0.1) is 0 Å². The molecule has 0 aliphatic rings. The van der Waals surface area contributed by atoms with E-state index < -0.39 is 0 Å². The number of para-hydroxylation sites is 1. The molecule has 6 heteroatoms. The molecule has 0 bridgehead atoms. The van der Waals surface area contributed by atoms with Crippen molar-refractivity contribution in [3.63, 3.8) is 0 Å². The van der Waals surface area contributed by atoms with E-state index in [2.05, 4.69) is 20.7 Å². The van der Waals surface area contributed by atoms with Crippen molar-refractivity contribution >= 4 is 40.5 Å². The fourth-order valence-corrected chi connectivity index (χ4v) is 2.94. The largest absolute Gasteiger partial charge is 0.355 e. The fourth-order valence-electron chi connectivity index (χ4n) is 2.94. The quantitative estimate of drug-likeness (QED) is 0.554. The van der Waals surface area contributed by atoms with Gasteiger partial charge in [0.25, 0.3) is 5.91 Å². The lowest BCUT2D eigenvalue weighted by atomic mass is 10.1. The molecule has 0 saturated heterocycles. The number of hydrogen-bond acceptors (Lipinski definition) is 4. The average molecular weight is 369 g/mol. The Labute approximate surface area is 162 Å². The summed E-state index contributed by atoms with van der Waals surface area (Å²) in [6.07, 6.45) is 7.37. The lowest BCUT2D eigenvalue weighted by Gasteiger charge is -2.11. The van der Waals surface area contributed by atoms with Crippen LogP contribution in [-0.4, -0.2) is 27.7 Å². The minimum Gasteiger partial charge on any atom is -0.355 e. The molecule has 0 aliphatic heterocycles. The van der Waals surface area contributed by atoms with Crippen molar-refractivity contribution in [2.45, 2.75) is 0 Å². The maximum atomic E-state index is 12.1. The molecule has 4 aromatic rings. The topological polar surface area (TPSA) is 71.8 Å². The van der Waals surface area contributed by atoms with E-state index in [0.717, 1.165) is 28.0 Å². The average Bonchev–Trinajstić information content (AvgIpc) is 3.15. The molecule has 0 aliphatic carbocycles. The lowest BCUT2D eigenvalue weighted by Crippen LogP contribution is -2.19. The van der Waals surface area contributed by atoms with Crippen LogP contribution in [0.1, 0.15) is 16.1 Å². The Hall–Kier alpha value is -3.93. The second-order valence-electron chi connectivity index (χ2n) is 6.18. The van der Waals surface area contributed by atoms with Crippen LogP contribution < -0.4 is 10.6 Å². The van der Waals surface area contributed by atoms with Crippen LogP contribution >= 0.6 is 0 Å². The minimum atomic E-state index is -0.132. The van der Waals surface area contributed by atoms with Crippen LogP contribution in [0, 0.1) is 0 Å². The van der Waals surface area contributed by atoms with Gasteiger partial charge in [0, 0.05) is 30.5 Å². The number of aromatic nitrogens is 3. The third-order valence-electron chi connectivity index (χ3n) is 4.35. The monoisotopic (exact) mass is 369 g/mol. The number of fused-ring (bicyclic) bond motifs is 1. The van der Waals surface area contributed by atoms with Gasteiger partial charge in [0.2, 0.25) is 0 Å². The minimum absolute atomic E-state index is 0.132. The molecule has 0 radical (unpaired) electrons. The van der Waals surface area contributed by atoms with Gasteiger partial charge in [0.1, 0.15) is 0 Å². The summed E-state index contributed by atoms with van der Waals surface area (Å²) < 4.78 is 1.81. The first-order valence-electron chi connectivity index (χ1n) is 8.89. The van der Waals surface area contributed by atoms with Gasteiger partial charge in [-0.3, -0.25) is 9.78 Å². The summed E-state index contributed by atoms with van der Waals surface area (Å²) >= 11 is 0. The molecule has 2 aromatic carbocycles. The van der Waals surface area contributed by atoms with Crippen molar-refractivity contribution < 1.29 is 4.79 Å². The molecule has 1 amide bonds. The number of nitrogens with zero attached hydrogens (tertiary/aromatic N) is 3. The zero-order valence-electron chi connectivity index (χ0n) is 15.3. The molecule has 6 nitrogen and oxygen atoms in total. The SMILES string of the molecule is CNC(=O)c1ccccc1Nc1ccc2cnn(C=Cc3ccccn3)c2c1. The Morgan fingerprint density at radius 3 is 2.75 bits per heavy atom. The molecule has 0 spiro atoms. The number of rotatable bonds is 5. The predicted molar refractivity (Wildman–Crippen MR) is 112 cm³/mol. The molecule has 138 valence electrons. The predicted octanol–water partition coefficient (Wildman–Crippen LogP) is 4.16. The van der Waals surface area contributed by atoms with Gasteiger partial charge in [-0.05, 0) is 48.5 Å². The number of benzene rings is 2. The molecule has 0 saturated carbocycles. The van der Waals surface area contributed by atoms with Crippen LogP contribution in [0.15, 0.2) is 73.1 Å². The molecular weight excluding hydrogens is 350 g/mol. The van der Waals surface area contributed by atoms with Crippen LogP contribution in [0.4, 0.5) is 11.4 Å². The summed E-state index contributed by atoms with van der Waals surface area (Å²) in [6, 6.07) is 19.2. The van der Waals surface area contributed by atoms with Gasteiger partial charge >= 0.3 is 0 Å². The molecule has 0 fully saturated rings. The Morgan fingerprint density at radius 2 is 1.93 bits per heavy atom. The molecule has 2 N–H and O–H groups in total. The summed E-state index contributed by atoms with van der Waals surface area (Å²) in [6.45, 7) is 0. The number of anilines is 2. The van der Waals surface area contributed by atoms with E-state index in [0.29, 0.717) is 5.56 Å². The van der Waals surface area contributed by atoms with Gasteiger partial charge in [-0.1, -0.05) is 18.2 Å². The van der Waals surface area contributed by atoms with Crippen molar-refractivity contribution in [3.8, 4) is 0 Å².